The van der Waals surface area contributed by atoms with Gasteiger partial charge in [-0.05, 0) is 90.3 Å². The molecule has 40 heavy (non-hydrogen) atoms. The molecule has 1 fully saturated rings. The Bertz CT molecular complexity index is 577. The normalized spacial score (nSPS) is 16.4. The van der Waals surface area contributed by atoms with Gasteiger partial charge >= 0.3 is 5.97 Å². The number of rotatable bonds is 30. The number of hydrogen-bond acceptors (Lipinski definition) is 3. The summed E-state index contributed by atoms with van der Waals surface area (Å²) in [7, 11) is 4.18. The molecule has 1 aliphatic carbocycles. The molecule has 0 aromatic carbocycles. The molecule has 0 N–H and O–H groups in total. The van der Waals surface area contributed by atoms with E-state index in [-0.39, 0.29) is 5.97 Å². The molecule has 2 unspecified atom stereocenters. The highest BCUT2D eigenvalue weighted by Crippen LogP contribution is 2.45. The summed E-state index contributed by atoms with van der Waals surface area (Å²) in [5.74, 6) is 1.41. The average molecular weight is 562 g/mol. The summed E-state index contributed by atoms with van der Waals surface area (Å²) >= 11 is 0. The number of unbranched alkanes of at least 4 members (excludes halogenated alkanes) is 17. The summed E-state index contributed by atoms with van der Waals surface area (Å²) < 4.78 is 5.47. The largest absolute Gasteiger partial charge is 0.466 e. The standard InChI is InChI=1S/C37H71NO2/c1-5-7-9-11-13-15-17-20-26-34(27-21-18-16-14-12-10-8-6-2)28-22-19-23-29-35-32-36(35)33-37(39)40-31-25-24-30-38(3)4/h28,35-36H,5-27,29-33H2,1-4H3. The van der Waals surface area contributed by atoms with E-state index in [9.17, 15) is 4.79 Å². The molecule has 236 valence electrons. The van der Waals surface area contributed by atoms with Crippen LogP contribution in [0.25, 0.3) is 0 Å². The topological polar surface area (TPSA) is 29.5 Å². The van der Waals surface area contributed by atoms with Crippen LogP contribution in [0.2, 0.25) is 0 Å². The first-order valence-corrected chi connectivity index (χ1v) is 18.0. The van der Waals surface area contributed by atoms with Gasteiger partial charge in [-0.25, -0.2) is 0 Å². The van der Waals surface area contributed by atoms with Crippen molar-refractivity contribution in [2.45, 2.75) is 181 Å². The van der Waals surface area contributed by atoms with Crippen molar-refractivity contribution in [2.75, 3.05) is 27.2 Å². The molecule has 3 heteroatoms. The highest BCUT2D eigenvalue weighted by Gasteiger charge is 2.37. The van der Waals surface area contributed by atoms with E-state index in [2.05, 4.69) is 38.9 Å². The molecule has 0 heterocycles. The van der Waals surface area contributed by atoms with Crippen molar-refractivity contribution >= 4 is 5.97 Å². The van der Waals surface area contributed by atoms with Crippen molar-refractivity contribution in [2.24, 2.45) is 11.8 Å². The lowest BCUT2D eigenvalue weighted by Crippen LogP contribution is -2.14. The van der Waals surface area contributed by atoms with Gasteiger partial charge in [-0.3, -0.25) is 4.79 Å². The summed E-state index contributed by atoms with van der Waals surface area (Å²) in [6.07, 6.45) is 37.1. The van der Waals surface area contributed by atoms with Gasteiger partial charge in [0.05, 0.1) is 6.61 Å². The van der Waals surface area contributed by atoms with E-state index in [1.165, 1.54) is 148 Å². The maximum absolute atomic E-state index is 12.1. The maximum atomic E-state index is 12.1. The van der Waals surface area contributed by atoms with Crippen LogP contribution in [0, 0.1) is 11.8 Å². The Balaban J connectivity index is 2.18. The van der Waals surface area contributed by atoms with Gasteiger partial charge < -0.3 is 9.64 Å². The molecule has 0 radical (unpaired) electrons. The molecular weight excluding hydrogens is 490 g/mol. The van der Waals surface area contributed by atoms with Crippen LogP contribution in [0.5, 0.6) is 0 Å². The predicted molar refractivity (Wildman–Crippen MR) is 176 cm³/mol. The predicted octanol–water partition coefficient (Wildman–Crippen LogP) is 11.4. The Morgan fingerprint density at radius 3 is 1.77 bits per heavy atom. The van der Waals surface area contributed by atoms with Crippen molar-refractivity contribution in [3.8, 4) is 0 Å². The third-order valence-corrected chi connectivity index (χ3v) is 8.93. The first kappa shape index (κ1) is 37.2. The first-order valence-electron chi connectivity index (χ1n) is 18.0. The van der Waals surface area contributed by atoms with Crippen LogP contribution in [0.15, 0.2) is 11.6 Å². The molecule has 0 aromatic heterocycles. The molecule has 0 aromatic rings. The second-order valence-electron chi connectivity index (χ2n) is 13.3. The Labute approximate surface area is 251 Å². The molecule has 0 aliphatic heterocycles. The molecule has 2 atom stereocenters. The van der Waals surface area contributed by atoms with Crippen molar-refractivity contribution in [3.63, 3.8) is 0 Å². The highest BCUT2D eigenvalue weighted by molar-refractivity contribution is 5.70. The van der Waals surface area contributed by atoms with Crippen LogP contribution in [0.3, 0.4) is 0 Å². The van der Waals surface area contributed by atoms with E-state index >= 15 is 0 Å². The molecule has 1 rings (SSSR count). The van der Waals surface area contributed by atoms with Crippen molar-refractivity contribution in [1.82, 2.24) is 4.90 Å². The van der Waals surface area contributed by atoms with Crippen molar-refractivity contribution in [3.05, 3.63) is 11.6 Å². The number of hydrogen-bond donors (Lipinski definition) is 0. The SMILES string of the molecule is CCCCCCCCCCC(=CCCCCC1CC1CC(=O)OCCCCN(C)C)CCCCCCCCCC. The zero-order chi connectivity index (χ0) is 29.1. The summed E-state index contributed by atoms with van der Waals surface area (Å²) in [6.45, 7) is 6.27. The summed E-state index contributed by atoms with van der Waals surface area (Å²) in [5, 5.41) is 0. The Hall–Kier alpha value is -0.830. The van der Waals surface area contributed by atoms with Gasteiger partial charge in [0, 0.05) is 6.42 Å². The van der Waals surface area contributed by atoms with Gasteiger partial charge in [0.1, 0.15) is 0 Å². The number of esters is 1. The fraction of sp³-hybridized carbons (Fsp3) is 0.919. The van der Waals surface area contributed by atoms with Gasteiger partial charge in [0.25, 0.3) is 0 Å². The van der Waals surface area contributed by atoms with E-state index in [0.717, 1.165) is 25.3 Å². The van der Waals surface area contributed by atoms with Gasteiger partial charge in [0.15, 0.2) is 0 Å². The van der Waals surface area contributed by atoms with Gasteiger partial charge in [-0.1, -0.05) is 128 Å². The van der Waals surface area contributed by atoms with Gasteiger partial charge in [-0.2, -0.15) is 0 Å². The quantitative estimate of drug-likeness (QED) is 0.0496. The Kier molecular flexibility index (Phi) is 25.1. The minimum absolute atomic E-state index is 0.0341. The maximum Gasteiger partial charge on any atom is 0.306 e. The minimum atomic E-state index is 0.0341. The van der Waals surface area contributed by atoms with Gasteiger partial charge in [0.2, 0.25) is 0 Å². The molecule has 0 bridgehead atoms. The number of carbonyl (C=O) groups is 1. The zero-order valence-electron chi connectivity index (χ0n) is 27.8. The second kappa shape index (κ2) is 27.0. The van der Waals surface area contributed by atoms with Crippen LogP contribution in [-0.4, -0.2) is 38.1 Å². The van der Waals surface area contributed by atoms with Crippen LogP contribution in [-0.2, 0) is 9.53 Å². The monoisotopic (exact) mass is 562 g/mol. The third-order valence-electron chi connectivity index (χ3n) is 8.93. The third kappa shape index (κ3) is 23.8. The summed E-state index contributed by atoms with van der Waals surface area (Å²) in [5.41, 5.74) is 1.76. The molecule has 0 amide bonds. The smallest absolute Gasteiger partial charge is 0.306 e. The average Bonchev–Trinajstić information content (AvgIpc) is 3.67. The Morgan fingerprint density at radius 1 is 0.675 bits per heavy atom. The van der Waals surface area contributed by atoms with Crippen LogP contribution in [0.4, 0.5) is 0 Å². The number of ether oxygens (including phenoxy) is 1. The van der Waals surface area contributed by atoms with Crippen LogP contribution < -0.4 is 0 Å². The number of carbonyl (C=O) groups excluding carboxylic acids is 1. The van der Waals surface area contributed by atoms with Crippen molar-refractivity contribution < 1.29 is 9.53 Å². The molecule has 0 saturated heterocycles. The van der Waals surface area contributed by atoms with E-state index in [1.54, 1.807) is 5.57 Å². The summed E-state index contributed by atoms with van der Waals surface area (Å²) in [6, 6.07) is 0. The van der Waals surface area contributed by atoms with Crippen LogP contribution >= 0.6 is 0 Å². The first-order chi connectivity index (χ1) is 19.6. The van der Waals surface area contributed by atoms with Gasteiger partial charge in [-0.15, -0.1) is 0 Å². The molecule has 1 aliphatic rings. The lowest BCUT2D eigenvalue weighted by atomic mass is 9.97. The van der Waals surface area contributed by atoms with Crippen molar-refractivity contribution in [1.29, 1.82) is 0 Å². The highest BCUT2D eigenvalue weighted by atomic mass is 16.5. The lowest BCUT2D eigenvalue weighted by Gasteiger charge is -2.09. The molecular formula is C37H71NO2. The molecule has 0 spiro atoms. The minimum Gasteiger partial charge on any atom is -0.466 e. The fourth-order valence-electron chi connectivity index (χ4n) is 6.06. The second-order valence-corrected chi connectivity index (χ2v) is 13.3. The number of allylic oxidation sites excluding steroid dienone is 2. The summed E-state index contributed by atoms with van der Waals surface area (Å²) in [4.78, 5) is 14.3. The fourth-order valence-corrected chi connectivity index (χ4v) is 6.06. The molecule has 3 nitrogen and oxygen atoms in total. The van der Waals surface area contributed by atoms with E-state index < -0.39 is 0 Å². The molecule has 1 saturated carbocycles. The zero-order valence-corrected chi connectivity index (χ0v) is 27.8. The Morgan fingerprint density at radius 2 is 1.23 bits per heavy atom. The lowest BCUT2D eigenvalue weighted by molar-refractivity contribution is -0.144. The van der Waals surface area contributed by atoms with Crippen LogP contribution in [0.1, 0.15) is 181 Å². The van der Waals surface area contributed by atoms with E-state index in [4.69, 9.17) is 4.74 Å². The van der Waals surface area contributed by atoms with E-state index in [1.807, 2.05) is 0 Å². The van der Waals surface area contributed by atoms with E-state index in [0.29, 0.717) is 18.9 Å². The number of nitrogens with zero attached hydrogens (tertiary/aromatic N) is 1.